The molecular formula is C12H16N2O3. The van der Waals surface area contributed by atoms with E-state index in [0.29, 0.717) is 13.1 Å². The predicted molar refractivity (Wildman–Crippen MR) is 63.8 cm³/mol. The smallest absolute Gasteiger partial charge is 0.352 e. The number of rotatable bonds is 6. The summed E-state index contributed by atoms with van der Waals surface area (Å²) in [6.07, 6.45) is 3.23. The summed E-state index contributed by atoms with van der Waals surface area (Å²) in [7, 11) is 0. The third-order valence-corrected chi connectivity index (χ3v) is 2.44. The Morgan fingerprint density at radius 2 is 2.29 bits per heavy atom. The van der Waals surface area contributed by atoms with Gasteiger partial charge in [-0.15, -0.1) is 6.58 Å². The van der Waals surface area contributed by atoms with Gasteiger partial charge in [0.2, 0.25) is 5.91 Å². The molecule has 0 aliphatic carbocycles. The van der Waals surface area contributed by atoms with E-state index in [9.17, 15) is 9.59 Å². The number of aromatic nitrogens is 1. The van der Waals surface area contributed by atoms with Crippen molar-refractivity contribution in [3.8, 4) is 0 Å². The molecule has 1 N–H and O–H groups in total. The van der Waals surface area contributed by atoms with Crippen LogP contribution in [0.4, 0.5) is 0 Å². The van der Waals surface area contributed by atoms with Gasteiger partial charge in [0, 0.05) is 19.3 Å². The maximum Gasteiger partial charge on any atom is 0.352 e. The molecule has 0 aromatic carbocycles. The SMILES string of the molecule is C=CCN(CC)C(=O)Cn1cccc1C(=O)O. The average Bonchev–Trinajstić information content (AvgIpc) is 2.73. The molecule has 0 radical (unpaired) electrons. The highest BCUT2D eigenvalue weighted by molar-refractivity contribution is 5.86. The lowest BCUT2D eigenvalue weighted by molar-refractivity contribution is -0.131. The van der Waals surface area contributed by atoms with Crippen LogP contribution < -0.4 is 0 Å². The van der Waals surface area contributed by atoms with Crippen molar-refractivity contribution in [2.45, 2.75) is 13.5 Å². The van der Waals surface area contributed by atoms with Crippen LogP contribution >= 0.6 is 0 Å². The van der Waals surface area contributed by atoms with Gasteiger partial charge in [0.1, 0.15) is 12.2 Å². The molecule has 1 heterocycles. The van der Waals surface area contributed by atoms with E-state index in [0.717, 1.165) is 0 Å². The fourth-order valence-electron chi connectivity index (χ4n) is 1.55. The lowest BCUT2D eigenvalue weighted by Gasteiger charge is -2.19. The average molecular weight is 236 g/mol. The van der Waals surface area contributed by atoms with Crippen LogP contribution in [0.1, 0.15) is 17.4 Å². The molecule has 1 aromatic rings. The van der Waals surface area contributed by atoms with Gasteiger partial charge in [-0.25, -0.2) is 4.79 Å². The van der Waals surface area contributed by atoms with Gasteiger partial charge in [-0.2, -0.15) is 0 Å². The lowest BCUT2D eigenvalue weighted by Crippen LogP contribution is -2.34. The van der Waals surface area contributed by atoms with Crippen LogP contribution in [0.25, 0.3) is 0 Å². The molecule has 17 heavy (non-hydrogen) atoms. The number of carbonyl (C=O) groups is 2. The Balaban J connectivity index is 2.76. The Hall–Kier alpha value is -2.04. The fraction of sp³-hybridized carbons (Fsp3) is 0.333. The molecule has 92 valence electrons. The third kappa shape index (κ3) is 3.21. The Labute approximate surface area is 100.0 Å². The molecule has 0 saturated carbocycles. The van der Waals surface area contributed by atoms with Crippen LogP contribution in [0, 0.1) is 0 Å². The molecule has 0 aliphatic rings. The van der Waals surface area contributed by atoms with Crippen LogP contribution in [-0.4, -0.2) is 39.5 Å². The maximum atomic E-state index is 11.9. The van der Waals surface area contributed by atoms with Crippen molar-refractivity contribution in [2.24, 2.45) is 0 Å². The number of hydrogen-bond donors (Lipinski definition) is 1. The summed E-state index contributed by atoms with van der Waals surface area (Å²) < 4.78 is 1.43. The van der Waals surface area contributed by atoms with Crippen molar-refractivity contribution >= 4 is 11.9 Å². The van der Waals surface area contributed by atoms with Crippen LogP contribution in [0.5, 0.6) is 0 Å². The molecule has 0 atom stereocenters. The van der Waals surface area contributed by atoms with E-state index < -0.39 is 5.97 Å². The summed E-state index contributed by atoms with van der Waals surface area (Å²) in [5.41, 5.74) is 0.119. The zero-order chi connectivity index (χ0) is 12.8. The quantitative estimate of drug-likeness (QED) is 0.755. The largest absolute Gasteiger partial charge is 0.477 e. The number of likely N-dealkylation sites (N-methyl/N-ethyl adjacent to an activating group) is 1. The van der Waals surface area contributed by atoms with Crippen LogP contribution in [0.2, 0.25) is 0 Å². The molecule has 0 fully saturated rings. The van der Waals surface area contributed by atoms with Crippen molar-refractivity contribution in [1.82, 2.24) is 9.47 Å². The maximum absolute atomic E-state index is 11.9. The van der Waals surface area contributed by atoms with Gasteiger partial charge < -0.3 is 14.6 Å². The second kappa shape index (κ2) is 5.89. The Morgan fingerprint density at radius 1 is 1.59 bits per heavy atom. The van der Waals surface area contributed by atoms with Gasteiger partial charge in [-0.05, 0) is 19.1 Å². The summed E-state index contributed by atoms with van der Waals surface area (Å²) in [4.78, 5) is 24.3. The molecule has 5 heteroatoms. The molecule has 0 spiro atoms. The summed E-state index contributed by atoms with van der Waals surface area (Å²) in [5, 5.41) is 8.90. The topological polar surface area (TPSA) is 62.5 Å². The summed E-state index contributed by atoms with van der Waals surface area (Å²) >= 11 is 0. The third-order valence-electron chi connectivity index (χ3n) is 2.44. The normalized spacial score (nSPS) is 9.94. The van der Waals surface area contributed by atoms with Crippen LogP contribution in [-0.2, 0) is 11.3 Å². The molecule has 0 saturated heterocycles. The Morgan fingerprint density at radius 3 is 2.82 bits per heavy atom. The van der Waals surface area contributed by atoms with Crippen LogP contribution in [0.3, 0.4) is 0 Å². The highest BCUT2D eigenvalue weighted by Gasteiger charge is 2.14. The first-order chi connectivity index (χ1) is 8.10. The van der Waals surface area contributed by atoms with E-state index in [-0.39, 0.29) is 18.1 Å². The van der Waals surface area contributed by atoms with E-state index in [2.05, 4.69) is 6.58 Å². The molecule has 0 unspecified atom stereocenters. The van der Waals surface area contributed by atoms with E-state index in [4.69, 9.17) is 5.11 Å². The van der Waals surface area contributed by atoms with E-state index in [1.165, 1.54) is 10.6 Å². The van der Waals surface area contributed by atoms with E-state index >= 15 is 0 Å². The number of aromatic carboxylic acids is 1. The lowest BCUT2D eigenvalue weighted by atomic mass is 10.4. The standard InChI is InChI=1S/C12H16N2O3/c1-3-7-13(4-2)11(15)9-14-8-5-6-10(14)12(16)17/h3,5-6,8H,1,4,7,9H2,2H3,(H,16,17). The van der Waals surface area contributed by atoms with Gasteiger partial charge in [-0.3, -0.25) is 4.79 Å². The highest BCUT2D eigenvalue weighted by atomic mass is 16.4. The van der Waals surface area contributed by atoms with Gasteiger partial charge in [0.15, 0.2) is 0 Å². The van der Waals surface area contributed by atoms with Gasteiger partial charge in [-0.1, -0.05) is 6.08 Å². The second-order valence-electron chi connectivity index (χ2n) is 3.55. The number of hydrogen-bond acceptors (Lipinski definition) is 2. The first-order valence-electron chi connectivity index (χ1n) is 5.37. The predicted octanol–water partition coefficient (Wildman–Crippen LogP) is 1.22. The van der Waals surface area contributed by atoms with Crippen molar-refractivity contribution in [2.75, 3.05) is 13.1 Å². The number of nitrogens with zero attached hydrogens (tertiary/aromatic N) is 2. The summed E-state index contributed by atoms with van der Waals surface area (Å²) in [6, 6.07) is 3.08. The zero-order valence-corrected chi connectivity index (χ0v) is 9.80. The summed E-state index contributed by atoms with van der Waals surface area (Å²) in [6.45, 7) is 6.54. The van der Waals surface area contributed by atoms with E-state index in [1.54, 1.807) is 23.2 Å². The number of carbonyl (C=O) groups excluding carboxylic acids is 1. The van der Waals surface area contributed by atoms with E-state index in [1.807, 2.05) is 6.92 Å². The zero-order valence-electron chi connectivity index (χ0n) is 9.80. The van der Waals surface area contributed by atoms with Crippen LogP contribution in [0.15, 0.2) is 31.0 Å². The minimum atomic E-state index is -1.03. The van der Waals surface area contributed by atoms with Gasteiger partial charge in [0.05, 0.1) is 0 Å². The first kappa shape index (κ1) is 13.0. The van der Waals surface area contributed by atoms with Crippen molar-refractivity contribution in [3.05, 3.63) is 36.7 Å². The number of amides is 1. The molecule has 1 aromatic heterocycles. The fourth-order valence-corrected chi connectivity index (χ4v) is 1.55. The van der Waals surface area contributed by atoms with Crippen molar-refractivity contribution < 1.29 is 14.7 Å². The number of carboxylic acid groups (broad SMARTS) is 1. The second-order valence-corrected chi connectivity index (χ2v) is 3.55. The molecule has 0 bridgehead atoms. The molecule has 0 aliphatic heterocycles. The minimum absolute atomic E-state index is 0.0380. The monoisotopic (exact) mass is 236 g/mol. The summed E-state index contributed by atoms with van der Waals surface area (Å²) in [5.74, 6) is -1.15. The Bertz CT molecular complexity index is 423. The van der Waals surface area contributed by atoms with Gasteiger partial charge >= 0.3 is 5.97 Å². The number of carboxylic acids is 1. The van der Waals surface area contributed by atoms with Gasteiger partial charge in [0.25, 0.3) is 0 Å². The Kier molecular flexibility index (Phi) is 4.51. The molecule has 1 rings (SSSR count). The van der Waals surface area contributed by atoms with Crippen molar-refractivity contribution in [3.63, 3.8) is 0 Å². The molecule has 1 amide bonds. The highest BCUT2D eigenvalue weighted by Crippen LogP contribution is 2.04. The molecular weight excluding hydrogens is 220 g/mol. The molecule has 5 nitrogen and oxygen atoms in total. The van der Waals surface area contributed by atoms with Crippen molar-refractivity contribution in [1.29, 1.82) is 0 Å². The first-order valence-corrected chi connectivity index (χ1v) is 5.37. The minimum Gasteiger partial charge on any atom is -0.477 e.